The molecule has 1 heterocycles. The van der Waals surface area contributed by atoms with Crippen LogP contribution in [0.2, 0.25) is 0 Å². The molecule has 0 aliphatic carbocycles. The fraction of sp³-hybridized carbons (Fsp3) is 0.909. The van der Waals surface area contributed by atoms with E-state index in [0.717, 1.165) is 26.1 Å². The van der Waals surface area contributed by atoms with Gasteiger partial charge in [-0.25, -0.2) is 0 Å². The van der Waals surface area contributed by atoms with Gasteiger partial charge in [-0.3, -0.25) is 4.79 Å². The van der Waals surface area contributed by atoms with Gasteiger partial charge in [0, 0.05) is 25.7 Å². The third-order valence-electron chi connectivity index (χ3n) is 3.42. The number of hydrogen-bond acceptors (Lipinski definition) is 4. The molecule has 0 aromatic rings. The van der Waals surface area contributed by atoms with E-state index < -0.39 is 0 Å². The Kier molecular flexibility index (Phi) is 4.54. The van der Waals surface area contributed by atoms with Crippen molar-refractivity contribution in [1.82, 2.24) is 0 Å². The molecule has 4 heteroatoms. The van der Waals surface area contributed by atoms with Crippen LogP contribution in [0.4, 0.5) is 0 Å². The number of esters is 1. The Morgan fingerprint density at radius 3 is 2.67 bits per heavy atom. The molecule has 1 fully saturated rings. The summed E-state index contributed by atoms with van der Waals surface area (Å²) in [6.07, 6.45) is 3.07. The van der Waals surface area contributed by atoms with Gasteiger partial charge in [0.2, 0.25) is 0 Å². The summed E-state index contributed by atoms with van der Waals surface area (Å²) >= 11 is 0. The quantitative estimate of drug-likeness (QED) is 0.713. The molecule has 1 atom stereocenters. The predicted molar refractivity (Wildman–Crippen MR) is 57.4 cm³/mol. The van der Waals surface area contributed by atoms with Gasteiger partial charge in [-0.05, 0) is 24.7 Å². The Morgan fingerprint density at radius 2 is 2.13 bits per heavy atom. The van der Waals surface area contributed by atoms with Gasteiger partial charge in [-0.1, -0.05) is 6.92 Å². The van der Waals surface area contributed by atoms with Crippen molar-refractivity contribution < 1.29 is 14.3 Å². The molecule has 1 unspecified atom stereocenters. The van der Waals surface area contributed by atoms with Crippen LogP contribution in [0.3, 0.4) is 0 Å². The number of rotatable bonds is 4. The maximum Gasteiger partial charge on any atom is 0.305 e. The lowest BCUT2D eigenvalue weighted by Crippen LogP contribution is -2.43. The minimum absolute atomic E-state index is 0.0560. The van der Waals surface area contributed by atoms with Crippen LogP contribution in [0, 0.1) is 5.41 Å². The molecule has 1 aliphatic heterocycles. The first-order valence-electron chi connectivity index (χ1n) is 5.48. The van der Waals surface area contributed by atoms with Gasteiger partial charge in [0.1, 0.15) is 0 Å². The first-order valence-corrected chi connectivity index (χ1v) is 5.48. The minimum Gasteiger partial charge on any atom is -0.469 e. The van der Waals surface area contributed by atoms with E-state index in [1.54, 1.807) is 0 Å². The van der Waals surface area contributed by atoms with Gasteiger partial charge >= 0.3 is 5.97 Å². The van der Waals surface area contributed by atoms with E-state index in [2.05, 4.69) is 11.7 Å². The Balaban J connectivity index is 2.37. The third kappa shape index (κ3) is 3.47. The zero-order valence-electron chi connectivity index (χ0n) is 9.62. The summed E-state index contributed by atoms with van der Waals surface area (Å²) in [7, 11) is 1.41. The van der Waals surface area contributed by atoms with E-state index in [0.29, 0.717) is 12.8 Å². The summed E-state index contributed by atoms with van der Waals surface area (Å²) in [6, 6.07) is 0.0560. The molecule has 1 rings (SSSR count). The molecule has 4 nitrogen and oxygen atoms in total. The molecule has 0 saturated carbocycles. The van der Waals surface area contributed by atoms with Crippen molar-refractivity contribution in [1.29, 1.82) is 0 Å². The summed E-state index contributed by atoms with van der Waals surface area (Å²) in [4.78, 5) is 11.0. The predicted octanol–water partition coefficient (Wildman–Crippen LogP) is 1.08. The number of hydrogen-bond donors (Lipinski definition) is 1. The second-order valence-corrected chi connectivity index (χ2v) is 4.49. The molecule has 0 aromatic carbocycles. The monoisotopic (exact) mass is 215 g/mol. The van der Waals surface area contributed by atoms with E-state index in [1.165, 1.54) is 7.11 Å². The smallest absolute Gasteiger partial charge is 0.305 e. The molecule has 0 amide bonds. The normalized spacial score (nSPS) is 22.1. The van der Waals surface area contributed by atoms with Gasteiger partial charge < -0.3 is 15.2 Å². The molecule has 2 N–H and O–H groups in total. The molecule has 1 aliphatic rings. The third-order valence-corrected chi connectivity index (χ3v) is 3.42. The van der Waals surface area contributed by atoms with Crippen LogP contribution in [0.15, 0.2) is 0 Å². The molecule has 15 heavy (non-hydrogen) atoms. The summed E-state index contributed by atoms with van der Waals surface area (Å²) in [5.41, 5.74) is 6.24. The Morgan fingerprint density at radius 1 is 1.53 bits per heavy atom. The van der Waals surface area contributed by atoms with Gasteiger partial charge in [0.25, 0.3) is 0 Å². The summed E-state index contributed by atoms with van der Waals surface area (Å²) in [5.74, 6) is -0.180. The van der Waals surface area contributed by atoms with Crippen molar-refractivity contribution in [3.63, 3.8) is 0 Å². The van der Waals surface area contributed by atoms with Crippen molar-refractivity contribution in [2.24, 2.45) is 11.1 Å². The van der Waals surface area contributed by atoms with Crippen molar-refractivity contribution >= 4 is 5.97 Å². The van der Waals surface area contributed by atoms with E-state index >= 15 is 0 Å². The lowest BCUT2D eigenvalue weighted by molar-refractivity contribution is -0.141. The van der Waals surface area contributed by atoms with Gasteiger partial charge in [0.05, 0.1) is 7.11 Å². The van der Waals surface area contributed by atoms with Crippen LogP contribution < -0.4 is 5.73 Å². The molecular weight excluding hydrogens is 194 g/mol. The largest absolute Gasteiger partial charge is 0.469 e. The number of methoxy groups -OCH3 is 1. The number of nitrogens with two attached hydrogens (primary N) is 1. The number of carbonyl (C=O) groups excluding carboxylic acids is 1. The van der Waals surface area contributed by atoms with E-state index in [9.17, 15) is 4.79 Å². The number of ether oxygens (including phenoxy) is 2. The van der Waals surface area contributed by atoms with Gasteiger partial charge in [-0.2, -0.15) is 0 Å². The SMILES string of the molecule is COC(=O)CCC(N)C1(C)CCOCC1. The minimum atomic E-state index is -0.180. The lowest BCUT2D eigenvalue weighted by atomic mass is 9.74. The molecule has 1 saturated heterocycles. The van der Waals surface area contributed by atoms with E-state index in [-0.39, 0.29) is 17.4 Å². The standard InChI is InChI=1S/C11H21NO3/c1-11(5-7-15-8-6-11)9(12)3-4-10(13)14-2/h9H,3-8,12H2,1-2H3. The molecule has 88 valence electrons. The Hall–Kier alpha value is -0.610. The molecule has 0 bridgehead atoms. The van der Waals surface area contributed by atoms with Crippen molar-refractivity contribution in [3.8, 4) is 0 Å². The second-order valence-electron chi connectivity index (χ2n) is 4.49. The average Bonchev–Trinajstić information content (AvgIpc) is 2.26. The highest BCUT2D eigenvalue weighted by Crippen LogP contribution is 2.34. The van der Waals surface area contributed by atoms with Crippen molar-refractivity contribution in [2.45, 2.75) is 38.6 Å². The maximum atomic E-state index is 11.0. The molecule has 0 spiro atoms. The highest BCUT2D eigenvalue weighted by molar-refractivity contribution is 5.69. The lowest BCUT2D eigenvalue weighted by Gasteiger charge is -2.38. The molecule has 0 aromatic heterocycles. The van der Waals surface area contributed by atoms with E-state index in [4.69, 9.17) is 10.5 Å². The van der Waals surface area contributed by atoms with Crippen LogP contribution in [0.1, 0.15) is 32.6 Å². The van der Waals surface area contributed by atoms with Crippen LogP contribution in [-0.2, 0) is 14.3 Å². The van der Waals surface area contributed by atoms with Crippen molar-refractivity contribution in [3.05, 3.63) is 0 Å². The highest BCUT2D eigenvalue weighted by Gasteiger charge is 2.33. The number of carbonyl (C=O) groups is 1. The summed E-state index contributed by atoms with van der Waals surface area (Å²) in [5, 5.41) is 0. The van der Waals surface area contributed by atoms with Crippen molar-refractivity contribution in [2.75, 3.05) is 20.3 Å². The zero-order chi connectivity index (χ0) is 11.3. The maximum absolute atomic E-state index is 11.0. The fourth-order valence-electron chi connectivity index (χ4n) is 1.93. The highest BCUT2D eigenvalue weighted by atomic mass is 16.5. The van der Waals surface area contributed by atoms with Crippen LogP contribution in [0.5, 0.6) is 0 Å². The van der Waals surface area contributed by atoms with Gasteiger partial charge in [0.15, 0.2) is 0 Å². The second kappa shape index (κ2) is 5.47. The fourth-order valence-corrected chi connectivity index (χ4v) is 1.93. The first-order chi connectivity index (χ1) is 7.08. The summed E-state index contributed by atoms with van der Waals surface area (Å²) < 4.78 is 9.92. The molecular formula is C11H21NO3. The Labute approximate surface area is 91.1 Å². The average molecular weight is 215 g/mol. The topological polar surface area (TPSA) is 61.5 Å². The van der Waals surface area contributed by atoms with Crippen LogP contribution in [0.25, 0.3) is 0 Å². The zero-order valence-corrected chi connectivity index (χ0v) is 9.62. The van der Waals surface area contributed by atoms with Gasteiger partial charge in [-0.15, -0.1) is 0 Å². The van der Waals surface area contributed by atoms with Crippen LogP contribution >= 0.6 is 0 Å². The summed E-state index contributed by atoms with van der Waals surface area (Å²) in [6.45, 7) is 3.74. The van der Waals surface area contributed by atoms with E-state index in [1.807, 2.05) is 0 Å². The molecule has 0 radical (unpaired) electrons. The van der Waals surface area contributed by atoms with Crippen LogP contribution in [-0.4, -0.2) is 32.3 Å². The first kappa shape index (κ1) is 12.5. The Bertz CT molecular complexity index is 212.